The van der Waals surface area contributed by atoms with Gasteiger partial charge in [0.15, 0.2) is 0 Å². The molecule has 104 valence electrons. The molecule has 0 atom stereocenters. The Balaban J connectivity index is 2.67. The number of hydrogen-bond donors (Lipinski definition) is 3. The van der Waals surface area contributed by atoms with Gasteiger partial charge in [-0.05, 0) is 39.0 Å². The second-order valence-electron chi connectivity index (χ2n) is 4.91. The fourth-order valence-corrected chi connectivity index (χ4v) is 1.29. The lowest BCUT2D eigenvalue weighted by atomic mass is 10.2. The highest BCUT2D eigenvalue weighted by atomic mass is 16.6. The summed E-state index contributed by atoms with van der Waals surface area (Å²) in [6.07, 6.45) is -0.537. The van der Waals surface area contributed by atoms with Gasteiger partial charge in [0.25, 0.3) is 0 Å². The number of carbonyl (C=O) groups excluding carboxylic acids is 2. The minimum Gasteiger partial charge on any atom is -0.444 e. The maximum Gasteiger partial charge on any atom is 0.412 e. The first-order chi connectivity index (χ1) is 8.80. The molecule has 0 spiro atoms. The lowest BCUT2D eigenvalue weighted by molar-refractivity contribution is 0.0636. The van der Waals surface area contributed by atoms with Crippen LogP contribution < -0.4 is 16.0 Å². The molecule has 6 heteroatoms. The summed E-state index contributed by atoms with van der Waals surface area (Å²) in [5.41, 5.74) is 0.568. The second-order valence-corrected chi connectivity index (χ2v) is 4.91. The zero-order chi connectivity index (χ0) is 14.5. The molecule has 0 aliphatic rings. The average Bonchev–Trinajstić information content (AvgIpc) is 2.26. The SMILES string of the molecule is CNC(=O)Nc1cccc(NC(=O)OC(C)(C)C)c1. The zero-order valence-electron chi connectivity index (χ0n) is 11.5. The van der Waals surface area contributed by atoms with Crippen LogP contribution in [0.4, 0.5) is 21.0 Å². The third kappa shape index (κ3) is 5.76. The van der Waals surface area contributed by atoms with Crippen LogP contribution in [0.1, 0.15) is 20.8 Å². The fourth-order valence-electron chi connectivity index (χ4n) is 1.29. The molecule has 1 aromatic rings. The van der Waals surface area contributed by atoms with Crippen LogP contribution in [-0.4, -0.2) is 24.8 Å². The largest absolute Gasteiger partial charge is 0.444 e. The predicted molar refractivity (Wildman–Crippen MR) is 74.4 cm³/mol. The van der Waals surface area contributed by atoms with Crippen LogP contribution in [0.5, 0.6) is 0 Å². The Morgan fingerprint density at radius 3 is 2.21 bits per heavy atom. The quantitative estimate of drug-likeness (QED) is 0.769. The molecule has 19 heavy (non-hydrogen) atoms. The number of amides is 3. The van der Waals surface area contributed by atoms with Gasteiger partial charge in [-0.2, -0.15) is 0 Å². The molecule has 6 nitrogen and oxygen atoms in total. The Morgan fingerprint density at radius 1 is 1.11 bits per heavy atom. The van der Waals surface area contributed by atoms with Crippen molar-refractivity contribution < 1.29 is 14.3 Å². The van der Waals surface area contributed by atoms with Crippen molar-refractivity contribution in [1.82, 2.24) is 5.32 Å². The summed E-state index contributed by atoms with van der Waals surface area (Å²) in [5.74, 6) is 0. The maximum absolute atomic E-state index is 11.6. The summed E-state index contributed by atoms with van der Waals surface area (Å²) in [6.45, 7) is 5.36. The molecule has 0 aliphatic carbocycles. The van der Waals surface area contributed by atoms with Gasteiger partial charge in [-0.3, -0.25) is 5.32 Å². The Bertz CT molecular complexity index is 466. The van der Waals surface area contributed by atoms with E-state index in [2.05, 4.69) is 16.0 Å². The van der Waals surface area contributed by atoms with E-state index in [1.807, 2.05) is 0 Å². The molecule has 3 amide bonds. The highest BCUT2D eigenvalue weighted by Crippen LogP contribution is 2.16. The van der Waals surface area contributed by atoms with Crippen molar-refractivity contribution >= 4 is 23.5 Å². The van der Waals surface area contributed by atoms with E-state index in [4.69, 9.17) is 4.74 Å². The van der Waals surface area contributed by atoms with E-state index < -0.39 is 11.7 Å². The molecule has 0 unspecified atom stereocenters. The number of carbonyl (C=O) groups is 2. The number of hydrogen-bond acceptors (Lipinski definition) is 3. The van der Waals surface area contributed by atoms with E-state index in [9.17, 15) is 9.59 Å². The Morgan fingerprint density at radius 2 is 1.68 bits per heavy atom. The first-order valence-electron chi connectivity index (χ1n) is 5.89. The minimum absolute atomic E-state index is 0.325. The summed E-state index contributed by atoms with van der Waals surface area (Å²) in [7, 11) is 1.53. The van der Waals surface area contributed by atoms with Crippen molar-refractivity contribution in [2.45, 2.75) is 26.4 Å². The van der Waals surface area contributed by atoms with Gasteiger partial charge >= 0.3 is 12.1 Å². The van der Waals surface area contributed by atoms with E-state index in [0.717, 1.165) is 0 Å². The third-order valence-electron chi connectivity index (χ3n) is 1.99. The first-order valence-corrected chi connectivity index (χ1v) is 5.89. The van der Waals surface area contributed by atoms with Crippen LogP contribution in [0.2, 0.25) is 0 Å². The topological polar surface area (TPSA) is 79.5 Å². The monoisotopic (exact) mass is 265 g/mol. The van der Waals surface area contributed by atoms with Gasteiger partial charge in [0.05, 0.1) is 0 Å². The minimum atomic E-state index is -0.554. The molecule has 0 saturated carbocycles. The van der Waals surface area contributed by atoms with Crippen molar-refractivity contribution in [3.05, 3.63) is 24.3 Å². The van der Waals surface area contributed by atoms with Crippen LogP contribution in [0.25, 0.3) is 0 Å². The Labute approximate surface area is 112 Å². The maximum atomic E-state index is 11.6. The molecule has 0 bridgehead atoms. The molecule has 0 saturated heterocycles. The zero-order valence-corrected chi connectivity index (χ0v) is 11.5. The van der Waals surface area contributed by atoms with E-state index in [0.29, 0.717) is 11.4 Å². The molecular formula is C13H19N3O3. The van der Waals surface area contributed by atoms with Gasteiger partial charge in [-0.15, -0.1) is 0 Å². The molecule has 0 radical (unpaired) electrons. The Hall–Kier alpha value is -2.24. The number of ether oxygens (including phenoxy) is 1. The number of anilines is 2. The normalized spacial score (nSPS) is 10.5. The van der Waals surface area contributed by atoms with Crippen LogP contribution in [-0.2, 0) is 4.74 Å². The standard InChI is InChI=1S/C13H19N3O3/c1-13(2,3)19-12(18)16-10-7-5-6-9(8-10)15-11(17)14-4/h5-8H,1-4H3,(H,16,18)(H2,14,15,17). The molecule has 0 fully saturated rings. The summed E-state index contributed by atoms with van der Waals surface area (Å²) < 4.78 is 5.13. The highest BCUT2D eigenvalue weighted by molar-refractivity contribution is 5.91. The predicted octanol–water partition coefficient (Wildman–Crippen LogP) is 2.78. The van der Waals surface area contributed by atoms with Gasteiger partial charge in [-0.25, -0.2) is 9.59 Å². The van der Waals surface area contributed by atoms with Crippen molar-refractivity contribution in [2.24, 2.45) is 0 Å². The van der Waals surface area contributed by atoms with Crippen molar-refractivity contribution in [1.29, 1.82) is 0 Å². The van der Waals surface area contributed by atoms with E-state index >= 15 is 0 Å². The second kappa shape index (κ2) is 6.08. The molecule has 3 N–H and O–H groups in total. The molecule has 0 aliphatic heterocycles. The van der Waals surface area contributed by atoms with Gasteiger partial charge < -0.3 is 15.4 Å². The van der Waals surface area contributed by atoms with Crippen LogP contribution >= 0.6 is 0 Å². The number of benzene rings is 1. The summed E-state index contributed by atoms with van der Waals surface area (Å²) in [6, 6.07) is 6.46. The van der Waals surface area contributed by atoms with Crippen LogP contribution in [0, 0.1) is 0 Å². The van der Waals surface area contributed by atoms with Gasteiger partial charge in [0.1, 0.15) is 5.60 Å². The number of nitrogens with one attached hydrogen (secondary N) is 3. The highest BCUT2D eigenvalue weighted by Gasteiger charge is 2.16. The van der Waals surface area contributed by atoms with Crippen molar-refractivity contribution in [3.63, 3.8) is 0 Å². The summed E-state index contributed by atoms with van der Waals surface area (Å²) >= 11 is 0. The Kier molecular flexibility index (Phi) is 4.74. The smallest absolute Gasteiger partial charge is 0.412 e. The van der Waals surface area contributed by atoms with E-state index in [1.54, 1.807) is 45.0 Å². The molecule has 0 aromatic heterocycles. The average molecular weight is 265 g/mol. The van der Waals surface area contributed by atoms with E-state index in [-0.39, 0.29) is 6.03 Å². The lowest BCUT2D eigenvalue weighted by Gasteiger charge is -2.19. The van der Waals surface area contributed by atoms with Crippen molar-refractivity contribution in [2.75, 3.05) is 17.7 Å². The third-order valence-corrected chi connectivity index (χ3v) is 1.99. The van der Waals surface area contributed by atoms with E-state index in [1.165, 1.54) is 7.05 Å². The number of rotatable bonds is 2. The van der Waals surface area contributed by atoms with Crippen LogP contribution in [0.15, 0.2) is 24.3 Å². The summed E-state index contributed by atoms with van der Waals surface area (Å²) in [5, 5.41) is 7.65. The number of urea groups is 1. The van der Waals surface area contributed by atoms with Crippen molar-refractivity contribution in [3.8, 4) is 0 Å². The first kappa shape index (κ1) is 14.8. The molecular weight excluding hydrogens is 246 g/mol. The summed E-state index contributed by atoms with van der Waals surface area (Å²) in [4.78, 5) is 22.8. The lowest BCUT2D eigenvalue weighted by Crippen LogP contribution is -2.27. The van der Waals surface area contributed by atoms with Gasteiger partial charge in [0, 0.05) is 18.4 Å². The molecule has 0 heterocycles. The fraction of sp³-hybridized carbons (Fsp3) is 0.385. The van der Waals surface area contributed by atoms with Gasteiger partial charge in [0.2, 0.25) is 0 Å². The van der Waals surface area contributed by atoms with Gasteiger partial charge in [-0.1, -0.05) is 6.07 Å². The molecule has 1 rings (SSSR count). The van der Waals surface area contributed by atoms with Crippen LogP contribution in [0.3, 0.4) is 0 Å². The molecule has 1 aromatic carbocycles.